The van der Waals surface area contributed by atoms with Crippen molar-refractivity contribution in [1.29, 1.82) is 5.26 Å². The molecule has 0 aliphatic heterocycles. The monoisotopic (exact) mass is 248 g/mol. The van der Waals surface area contributed by atoms with Crippen LogP contribution in [0.4, 0.5) is 0 Å². The maximum atomic E-state index is 11.6. The fraction of sp³-hybridized carbons (Fsp3) is 0.385. The van der Waals surface area contributed by atoms with Crippen molar-refractivity contribution in [2.75, 3.05) is 20.2 Å². The highest BCUT2D eigenvalue weighted by atomic mass is 16.5. The van der Waals surface area contributed by atoms with Crippen LogP contribution in [0.5, 0.6) is 5.75 Å². The predicted octanol–water partition coefficient (Wildman–Crippen LogP) is 0.930. The van der Waals surface area contributed by atoms with Crippen LogP contribution >= 0.6 is 0 Å². The number of aliphatic hydroxyl groups is 1. The van der Waals surface area contributed by atoms with Gasteiger partial charge in [0.2, 0.25) is 0 Å². The van der Waals surface area contributed by atoms with Gasteiger partial charge < -0.3 is 14.7 Å². The van der Waals surface area contributed by atoms with Crippen LogP contribution in [0.2, 0.25) is 0 Å². The zero-order valence-electron chi connectivity index (χ0n) is 10.3. The normalized spacial score (nSPS) is 9.61. The molecule has 0 bridgehead atoms. The first kappa shape index (κ1) is 14.0. The molecule has 1 N–H and O–H groups in total. The summed E-state index contributed by atoms with van der Waals surface area (Å²) in [6.07, 6.45) is 0.313. The Morgan fingerprint density at radius 3 is 2.67 bits per heavy atom. The van der Waals surface area contributed by atoms with Gasteiger partial charge in [-0.3, -0.25) is 4.79 Å². The summed E-state index contributed by atoms with van der Waals surface area (Å²) in [6.45, 7) is 0.332. The van der Waals surface area contributed by atoms with E-state index in [0.29, 0.717) is 18.7 Å². The van der Waals surface area contributed by atoms with Gasteiger partial charge in [0.25, 0.3) is 5.91 Å². The van der Waals surface area contributed by atoms with E-state index < -0.39 is 0 Å². The molecule has 0 radical (unpaired) electrons. The van der Waals surface area contributed by atoms with Gasteiger partial charge in [-0.2, -0.15) is 5.26 Å². The number of amides is 1. The third-order valence-electron chi connectivity index (χ3n) is 2.45. The van der Waals surface area contributed by atoms with Crippen LogP contribution in [0.15, 0.2) is 24.3 Å². The molecule has 0 spiro atoms. The van der Waals surface area contributed by atoms with Crippen molar-refractivity contribution in [3.63, 3.8) is 0 Å². The molecule has 0 saturated heterocycles. The molecule has 1 aromatic carbocycles. The molecule has 1 amide bonds. The summed E-state index contributed by atoms with van der Waals surface area (Å²) in [6, 6.07) is 8.86. The molecule has 0 aliphatic carbocycles. The Labute approximate surface area is 106 Å². The molecule has 0 saturated carbocycles. The lowest BCUT2D eigenvalue weighted by Crippen LogP contribution is -2.32. The third-order valence-corrected chi connectivity index (χ3v) is 2.45. The molecule has 0 aliphatic rings. The van der Waals surface area contributed by atoms with E-state index in [9.17, 15) is 4.79 Å². The van der Waals surface area contributed by atoms with Crippen molar-refractivity contribution < 1.29 is 14.6 Å². The minimum absolute atomic E-state index is 0.0177. The molecule has 5 nitrogen and oxygen atoms in total. The molecular formula is C13H16N2O3. The molecule has 0 aromatic heterocycles. The molecule has 18 heavy (non-hydrogen) atoms. The van der Waals surface area contributed by atoms with Crippen molar-refractivity contribution in [3.8, 4) is 11.8 Å². The fourth-order valence-corrected chi connectivity index (χ4v) is 1.29. The summed E-state index contributed by atoms with van der Waals surface area (Å²) in [7, 11) is 1.64. The first-order valence-electron chi connectivity index (χ1n) is 5.61. The number of nitrogens with zero attached hydrogens (tertiary/aromatic N) is 2. The highest BCUT2D eigenvalue weighted by molar-refractivity contribution is 5.77. The summed E-state index contributed by atoms with van der Waals surface area (Å²) < 4.78 is 5.31. The molecule has 1 rings (SSSR count). The number of hydrogen-bond acceptors (Lipinski definition) is 4. The molecule has 5 heteroatoms. The number of ether oxygens (including phenoxy) is 1. The van der Waals surface area contributed by atoms with Gasteiger partial charge in [-0.1, -0.05) is 12.1 Å². The van der Waals surface area contributed by atoms with Gasteiger partial charge in [0.05, 0.1) is 19.1 Å². The van der Waals surface area contributed by atoms with E-state index >= 15 is 0 Å². The minimum Gasteiger partial charge on any atom is -0.484 e. The van der Waals surface area contributed by atoms with E-state index in [1.165, 1.54) is 4.90 Å². The minimum atomic E-state index is -0.170. The van der Waals surface area contributed by atoms with Crippen LogP contribution in [0.1, 0.15) is 12.0 Å². The van der Waals surface area contributed by atoms with Gasteiger partial charge in [-0.05, 0) is 17.7 Å². The number of carbonyl (C=O) groups is 1. The number of rotatable bonds is 6. The van der Waals surface area contributed by atoms with Gasteiger partial charge in [0.15, 0.2) is 6.61 Å². The van der Waals surface area contributed by atoms with E-state index in [2.05, 4.69) is 0 Å². The number of likely N-dealkylation sites (N-methyl/N-ethyl adjacent to an activating group) is 1. The number of carbonyl (C=O) groups excluding carboxylic acids is 1. The Morgan fingerprint density at radius 2 is 2.11 bits per heavy atom. The first-order valence-corrected chi connectivity index (χ1v) is 5.61. The van der Waals surface area contributed by atoms with Crippen molar-refractivity contribution >= 4 is 5.91 Å². The maximum Gasteiger partial charge on any atom is 0.260 e. The van der Waals surface area contributed by atoms with Gasteiger partial charge in [-0.25, -0.2) is 0 Å². The number of aliphatic hydroxyl groups excluding tert-OH is 1. The topological polar surface area (TPSA) is 73.6 Å². The van der Waals surface area contributed by atoms with E-state index in [1.807, 2.05) is 6.07 Å². The Hall–Kier alpha value is -2.06. The largest absolute Gasteiger partial charge is 0.484 e. The Bertz CT molecular complexity index is 423. The van der Waals surface area contributed by atoms with Gasteiger partial charge in [0.1, 0.15) is 5.75 Å². The van der Waals surface area contributed by atoms with E-state index in [4.69, 9.17) is 15.1 Å². The average Bonchev–Trinajstić information content (AvgIpc) is 2.42. The summed E-state index contributed by atoms with van der Waals surface area (Å²) >= 11 is 0. The van der Waals surface area contributed by atoms with Crippen LogP contribution in [0.25, 0.3) is 0 Å². The van der Waals surface area contributed by atoms with Crippen LogP contribution in [0, 0.1) is 11.3 Å². The summed E-state index contributed by atoms with van der Waals surface area (Å²) in [5.74, 6) is 0.408. The second-order valence-corrected chi connectivity index (χ2v) is 3.81. The molecular weight excluding hydrogens is 232 g/mol. The van der Waals surface area contributed by atoms with E-state index in [-0.39, 0.29) is 19.1 Å². The molecule has 0 atom stereocenters. The summed E-state index contributed by atoms with van der Waals surface area (Å²) in [5.41, 5.74) is 0.791. The van der Waals surface area contributed by atoms with E-state index in [0.717, 1.165) is 5.56 Å². The Balaban J connectivity index is 2.39. The predicted molar refractivity (Wildman–Crippen MR) is 65.7 cm³/mol. The van der Waals surface area contributed by atoms with Crippen LogP contribution in [0.3, 0.4) is 0 Å². The maximum absolute atomic E-state index is 11.6. The second-order valence-electron chi connectivity index (χ2n) is 3.81. The smallest absolute Gasteiger partial charge is 0.260 e. The highest BCUT2D eigenvalue weighted by Gasteiger charge is 2.08. The summed E-state index contributed by atoms with van der Waals surface area (Å²) in [5, 5.41) is 17.3. The molecule has 0 unspecified atom stereocenters. The fourth-order valence-electron chi connectivity index (χ4n) is 1.29. The lowest BCUT2D eigenvalue weighted by Gasteiger charge is -2.15. The SMILES string of the molecule is CN(CCC#N)C(=O)COc1ccc(CO)cc1. The Morgan fingerprint density at radius 1 is 1.44 bits per heavy atom. The molecule has 0 heterocycles. The van der Waals surface area contributed by atoms with Crippen molar-refractivity contribution in [2.24, 2.45) is 0 Å². The highest BCUT2D eigenvalue weighted by Crippen LogP contribution is 2.12. The number of nitriles is 1. The average molecular weight is 248 g/mol. The zero-order chi connectivity index (χ0) is 13.4. The standard InChI is InChI=1S/C13H16N2O3/c1-15(8-2-7-14)13(17)10-18-12-5-3-11(9-16)4-6-12/h3-6,16H,2,8-10H2,1H3. The molecule has 1 aromatic rings. The lowest BCUT2D eigenvalue weighted by atomic mass is 10.2. The van der Waals surface area contributed by atoms with Gasteiger partial charge in [-0.15, -0.1) is 0 Å². The van der Waals surface area contributed by atoms with Crippen LogP contribution < -0.4 is 4.74 Å². The summed E-state index contributed by atoms with van der Waals surface area (Å²) in [4.78, 5) is 13.1. The van der Waals surface area contributed by atoms with Crippen LogP contribution in [-0.2, 0) is 11.4 Å². The third kappa shape index (κ3) is 4.44. The lowest BCUT2D eigenvalue weighted by molar-refractivity contribution is -0.131. The Kier molecular flexibility index (Phi) is 5.68. The van der Waals surface area contributed by atoms with Crippen LogP contribution in [-0.4, -0.2) is 36.1 Å². The molecule has 96 valence electrons. The number of benzene rings is 1. The van der Waals surface area contributed by atoms with Crippen molar-refractivity contribution in [3.05, 3.63) is 29.8 Å². The van der Waals surface area contributed by atoms with E-state index in [1.54, 1.807) is 31.3 Å². The quantitative estimate of drug-likeness (QED) is 0.812. The van der Waals surface area contributed by atoms with Gasteiger partial charge >= 0.3 is 0 Å². The van der Waals surface area contributed by atoms with Crippen molar-refractivity contribution in [2.45, 2.75) is 13.0 Å². The zero-order valence-corrected chi connectivity index (χ0v) is 10.3. The first-order chi connectivity index (χ1) is 8.67. The number of hydrogen-bond donors (Lipinski definition) is 1. The van der Waals surface area contributed by atoms with Crippen molar-refractivity contribution in [1.82, 2.24) is 4.90 Å². The second kappa shape index (κ2) is 7.30. The van der Waals surface area contributed by atoms with Gasteiger partial charge in [0, 0.05) is 13.6 Å². The molecule has 0 fully saturated rings.